The maximum atomic E-state index is 12.5. The number of rotatable bonds is 3. The number of benzene rings is 1. The average Bonchev–Trinajstić information content (AvgIpc) is 2.45. The highest BCUT2D eigenvalue weighted by molar-refractivity contribution is 5.98. The van der Waals surface area contributed by atoms with Crippen LogP contribution in [-0.2, 0) is 11.2 Å². The molecule has 20 heavy (non-hydrogen) atoms. The van der Waals surface area contributed by atoms with Crippen molar-refractivity contribution < 1.29 is 9.59 Å². The lowest BCUT2D eigenvalue weighted by Crippen LogP contribution is -2.38. The van der Waals surface area contributed by atoms with E-state index in [1.807, 2.05) is 18.2 Å². The normalized spacial score (nSPS) is 13.2. The molecule has 5 nitrogen and oxygen atoms in total. The quantitative estimate of drug-likeness (QED) is 0.902. The minimum atomic E-state index is -0.0965. The van der Waals surface area contributed by atoms with Crippen LogP contribution in [0.2, 0.25) is 0 Å². The molecule has 2 amide bonds. The first-order chi connectivity index (χ1) is 9.50. The van der Waals surface area contributed by atoms with Crippen LogP contribution in [0.15, 0.2) is 18.2 Å². The molecule has 1 aromatic carbocycles. The fourth-order valence-corrected chi connectivity index (χ4v) is 2.33. The van der Waals surface area contributed by atoms with E-state index in [4.69, 9.17) is 0 Å². The highest BCUT2D eigenvalue weighted by atomic mass is 16.2. The third kappa shape index (κ3) is 2.92. The van der Waals surface area contributed by atoms with Crippen LogP contribution in [-0.4, -0.2) is 55.8 Å². The Morgan fingerprint density at radius 2 is 2.00 bits per heavy atom. The van der Waals surface area contributed by atoms with Crippen molar-refractivity contribution in [3.63, 3.8) is 0 Å². The molecule has 2 rings (SSSR count). The van der Waals surface area contributed by atoms with Gasteiger partial charge in [-0.05, 0) is 30.5 Å². The lowest BCUT2D eigenvalue weighted by atomic mass is 9.97. The third-order valence-corrected chi connectivity index (χ3v) is 3.54. The molecule has 0 radical (unpaired) electrons. The number of hydrogen-bond donors (Lipinski definition) is 1. The van der Waals surface area contributed by atoms with Crippen molar-refractivity contribution in [1.29, 1.82) is 0 Å². The molecule has 1 aromatic rings. The van der Waals surface area contributed by atoms with Crippen molar-refractivity contribution >= 4 is 17.5 Å². The standard InChI is InChI=1S/C15H21N3O2/c1-17(2)14(19)10-18(3)15(20)12-6-4-8-13-11(12)7-5-9-16-13/h4,6,8,16H,5,7,9-10H2,1-3H3. The predicted octanol–water partition coefficient (Wildman–Crippen LogP) is 1.20. The zero-order valence-electron chi connectivity index (χ0n) is 12.3. The summed E-state index contributed by atoms with van der Waals surface area (Å²) in [4.78, 5) is 27.2. The van der Waals surface area contributed by atoms with Gasteiger partial charge in [-0.25, -0.2) is 0 Å². The van der Waals surface area contributed by atoms with E-state index in [9.17, 15) is 9.59 Å². The number of likely N-dealkylation sites (N-methyl/N-ethyl adjacent to an activating group) is 2. The Morgan fingerprint density at radius 1 is 1.25 bits per heavy atom. The number of fused-ring (bicyclic) bond motifs is 1. The maximum Gasteiger partial charge on any atom is 0.254 e. The van der Waals surface area contributed by atoms with Gasteiger partial charge in [0.2, 0.25) is 5.91 Å². The molecule has 0 saturated carbocycles. The van der Waals surface area contributed by atoms with Crippen molar-refractivity contribution in [3.8, 4) is 0 Å². The summed E-state index contributed by atoms with van der Waals surface area (Å²) in [5.74, 6) is -0.176. The second kappa shape index (κ2) is 5.94. The lowest BCUT2D eigenvalue weighted by Gasteiger charge is -2.24. The van der Waals surface area contributed by atoms with Gasteiger partial charge in [-0.2, -0.15) is 0 Å². The van der Waals surface area contributed by atoms with E-state index in [1.54, 1.807) is 21.1 Å². The zero-order chi connectivity index (χ0) is 14.7. The van der Waals surface area contributed by atoms with E-state index in [0.29, 0.717) is 5.56 Å². The topological polar surface area (TPSA) is 52.7 Å². The molecule has 1 aliphatic rings. The first-order valence-electron chi connectivity index (χ1n) is 6.82. The van der Waals surface area contributed by atoms with E-state index >= 15 is 0 Å². The molecule has 108 valence electrons. The van der Waals surface area contributed by atoms with Gasteiger partial charge in [0.1, 0.15) is 0 Å². The molecule has 0 saturated heterocycles. The first kappa shape index (κ1) is 14.4. The summed E-state index contributed by atoms with van der Waals surface area (Å²) >= 11 is 0. The fraction of sp³-hybridized carbons (Fsp3) is 0.467. The van der Waals surface area contributed by atoms with E-state index in [0.717, 1.165) is 30.6 Å². The SMILES string of the molecule is CN(C)C(=O)CN(C)C(=O)c1cccc2c1CCCN2. The van der Waals surface area contributed by atoms with Crippen LogP contribution in [0.4, 0.5) is 5.69 Å². The smallest absolute Gasteiger partial charge is 0.254 e. The summed E-state index contributed by atoms with van der Waals surface area (Å²) in [6.07, 6.45) is 1.93. The van der Waals surface area contributed by atoms with Crippen molar-refractivity contribution in [1.82, 2.24) is 9.80 Å². The molecule has 5 heteroatoms. The van der Waals surface area contributed by atoms with Gasteiger partial charge < -0.3 is 15.1 Å². The molecule has 0 atom stereocenters. The Kier molecular flexibility index (Phi) is 4.27. The summed E-state index contributed by atoms with van der Waals surface area (Å²) < 4.78 is 0. The average molecular weight is 275 g/mol. The Bertz CT molecular complexity index is 526. The van der Waals surface area contributed by atoms with Gasteiger partial charge in [-0.3, -0.25) is 9.59 Å². The number of carbonyl (C=O) groups is 2. The summed E-state index contributed by atoms with van der Waals surface area (Å²) in [5.41, 5.74) is 2.80. The van der Waals surface area contributed by atoms with Gasteiger partial charge in [-0.1, -0.05) is 6.07 Å². The molecule has 1 heterocycles. The summed E-state index contributed by atoms with van der Waals surface area (Å²) in [6, 6.07) is 5.72. The molecular formula is C15H21N3O2. The minimum absolute atomic E-state index is 0.0798. The number of carbonyl (C=O) groups excluding carboxylic acids is 2. The largest absolute Gasteiger partial charge is 0.385 e. The predicted molar refractivity (Wildman–Crippen MR) is 78.9 cm³/mol. The summed E-state index contributed by atoms with van der Waals surface area (Å²) in [7, 11) is 5.04. The van der Waals surface area contributed by atoms with Crippen molar-refractivity contribution in [2.75, 3.05) is 39.5 Å². The molecule has 0 bridgehead atoms. The fourth-order valence-electron chi connectivity index (χ4n) is 2.33. The summed E-state index contributed by atoms with van der Waals surface area (Å²) in [5, 5.41) is 3.31. The molecule has 0 fully saturated rings. The monoisotopic (exact) mass is 275 g/mol. The molecular weight excluding hydrogens is 254 g/mol. The minimum Gasteiger partial charge on any atom is -0.385 e. The van der Waals surface area contributed by atoms with Gasteiger partial charge in [-0.15, -0.1) is 0 Å². The Balaban J connectivity index is 2.19. The van der Waals surface area contributed by atoms with E-state index < -0.39 is 0 Å². The van der Waals surface area contributed by atoms with Crippen molar-refractivity contribution in [2.45, 2.75) is 12.8 Å². The second-order valence-corrected chi connectivity index (χ2v) is 5.31. The maximum absolute atomic E-state index is 12.5. The van der Waals surface area contributed by atoms with Gasteiger partial charge in [0.05, 0.1) is 6.54 Å². The van der Waals surface area contributed by atoms with Crippen LogP contribution >= 0.6 is 0 Å². The van der Waals surface area contributed by atoms with E-state index in [2.05, 4.69) is 5.32 Å². The Morgan fingerprint density at radius 3 is 2.70 bits per heavy atom. The van der Waals surface area contributed by atoms with Crippen LogP contribution in [0.3, 0.4) is 0 Å². The van der Waals surface area contributed by atoms with Crippen molar-refractivity contribution in [3.05, 3.63) is 29.3 Å². The van der Waals surface area contributed by atoms with Crippen LogP contribution < -0.4 is 5.32 Å². The van der Waals surface area contributed by atoms with Crippen LogP contribution in [0.1, 0.15) is 22.3 Å². The molecule has 0 unspecified atom stereocenters. The van der Waals surface area contributed by atoms with Crippen LogP contribution in [0, 0.1) is 0 Å². The van der Waals surface area contributed by atoms with E-state index in [-0.39, 0.29) is 18.4 Å². The summed E-state index contributed by atoms with van der Waals surface area (Å²) in [6.45, 7) is 1.04. The van der Waals surface area contributed by atoms with Crippen LogP contribution in [0.25, 0.3) is 0 Å². The molecule has 0 aliphatic carbocycles. The number of anilines is 1. The Labute approximate surface area is 119 Å². The van der Waals surface area contributed by atoms with Crippen molar-refractivity contribution in [2.24, 2.45) is 0 Å². The number of nitrogens with one attached hydrogen (secondary N) is 1. The highest BCUT2D eigenvalue weighted by Crippen LogP contribution is 2.26. The molecule has 1 aliphatic heterocycles. The highest BCUT2D eigenvalue weighted by Gasteiger charge is 2.21. The first-order valence-corrected chi connectivity index (χ1v) is 6.82. The molecule has 1 N–H and O–H groups in total. The van der Waals surface area contributed by atoms with Gasteiger partial charge in [0.25, 0.3) is 5.91 Å². The number of amides is 2. The zero-order valence-corrected chi connectivity index (χ0v) is 12.3. The number of nitrogens with zero attached hydrogens (tertiary/aromatic N) is 2. The van der Waals surface area contributed by atoms with Gasteiger partial charge in [0.15, 0.2) is 0 Å². The lowest BCUT2D eigenvalue weighted by molar-refractivity contribution is -0.129. The third-order valence-electron chi connectivity index (χ3n) is 3.54. The molecule has 0 aromatic heterocycles. The number of hydrogen-bond acceptors (Lipinski definition) is 3. The van der Waals surface area contributed by atoms with Gasteiger partial charge in [0, 0.05) is 38.9 Å². The van der Waals surface area contributed by atoms with E-state index in [1.165, 1.54) is 9.80 Å². The molecule has 0 spiro atoms. The van der Waals surface area contributed by atoms with Gasteiger partial charge >= 0.3 is 0 Å². The Hall–Kier alpha value is -2.04. The van der Waals surface area contributed by atoms with Crippen LogP contribution in [0.5, 0.6) is 0 Å². The second-order valence-electron chi connectivity index (χ2n) is 5.31.